The van der Waals surface area contributed by atoms with Crippen molar-refractivity contribution in [2.75, 3.05) is 13.1 Å². The molecule has 5 heteroatoms. The minimum absolute atomic E-state index is 0.110. The summed E-state index contributed by atoms with van der Waals surface area (Å²) in [5.41, 5.74) is 0.968. The molecule has 0 aromatic carbocycles. The number of aromatic nitrogens is 1. The SMILES string of the molecule is FC(F)(F)C1CCCN(Cc2cccnc2)C1. The Morgan fingerprint density at radius 2 is 2.24 bits per heavy atom. The highest BCUT2D eigenvalue weighted by Crippen LogP contribution is 2.33. The molecule has 0 spiro atoms. The van der Waals surface area contributed by atoms with Gasteiger partial charge >= 0.3 is 6.18 Å². The van der Waals surface area contributed by atoms with Gasteiger partial charge in [0.05, 0.1) is 5.92 Å². The first-order chi connectivity index (χ1) is 8.05. The lowest BCUT2D eigenvalue weighted by Gasteiger charge is -2.33. The summed E-state index contributed by atoms with van der Waals surface area (Å²) >= 11 is 0. The van der Waals surface area contributed by atoms with Gasteiger partial charge in [0.25, 0.3) is 0 Å². The zero-order valence-electron chi connectivity index (χ0n) is 9.45. The van der Waals surface area contributed by atoms with Crippen molar-refractivity contribution in [3.63, 3.8) is 0 Å². The summed E-state index contributed by atoms with van der Waals surface area (Å²) in [4.78, 5) is 5.83. The first-order valence-electron chi connectivity index (χ1n) is 5.73. The second kappa shape index (κ2) is 5.04. The number of hydrogen-bond acceptors (Lipinski definition) is 2. The fourth-order valence-corrected chi connectivity index (χ4v) is 2.22. The second-order valence-corrected chi connectivity index (χ2v) is 4.48. The van der Waals surface area contributed by atoms with E-state index in [1.807, 2.05) is 11.0 Å². The maximum atomic E-state index is 12.6. The number of halogens is 3. The predicted molar refractivity (Wildman–Crippen MR) is 58.3 cm³/mol. The van der Waals surface area contributed by atoms with Crippen molar-refractivity contribution in [2.24, 2.45) is 5.92 Å². The lowest BCUT2D eigenvalue weighted by molar-refractivity contribution is -0.187. The van der Waals surface area contributed by atoms with Crippen molar-refractivity contribution < 1.29 is 13.2 Å². The van der Waals surface area contributed by atoms with Gasteiger partial charge in [-0.05, 0) is 31.0 Å². The van der Waals surface area contributed by atoms with E-state index in [-0.39, 0.29) is 13.0 Å². The van der Waals surface area contributed by atoms with E-state index in [0.717, 1.165) is 12.1 Å². The lowest BCUT2D eigenvalue weighted by atomic mass is 9.97. The van der Waals surface area contributed by atoms with Crippen LogP contribution in [0.3, 0.4) is 0 Å². The molecule has 1 aliphatic heterocycles. The molecule has 1 saturated heterocycles. The molecule has 1 unspecified atom stereocenters. The van der Waals surface area contributed by atoms with E-state index in [0.29, 0.717) is 13.0 Å². The maximum absolute atomic E-state index is 12.6. The van der Waals surface area contributed by atoms with E-state index in [1.165, 1.54) is 0 Å². The van der Waals surface area contributed by atoms with Gasteiger partial charge in [-0.3, -0.25) is 9.88 Å². The third-order valence-corrected chi connectivity index (χ3v) is 3.10. The van der Waals surface area contributed by atoms with E-state index < -0.39 is 12.1 Å². The van der Waals surface area contributed by atoms with Crippen LogP contribution in [0.4, 0.5) is 13.2 Å². The molecule has 1 aromatic rings. The van der Waals surface area contributed by atoms with Gasteiger partial charge in [-0.2, -0.15) is 13.2 Å². The molecule has 94 valence electrons. The summed E-state index contributed by atoms with van der Waals surface area (Å²) in [5, 5.41) is 0. The Hall–Kier alpha value is -1.10. The molecule has 2 nitrogen and oxygen atoms in total. The van der Waals surface area contributed by atoms with E-state index in [2.05, 4.69) is 4.98 Å². The smallest absolute Gasteiger partial charge is 0.298 e. The van der Waals surface area contributed by atoms with Gasteiger partial charge in [0.15, 0.2) is 0 Å². The van der Waals surface area contributed by atoms with Crippen molar-refractivity contribution in [3.05, 3.63) is 30.1 Å². The number of piperidine rings is 1. The molecule has 2 rings (SSSR count). The van der Waals surface area contributed by atoms with Gasteiger partial charge in [0, 0.05) is 25.5 Å². The standard InChI is InChI=1S/C12H15F3N2/c13-12(14,15)11-4-2-6-17(9-11)8-10-3-1-5-16-7-10/h1,3,5,7,11H,2,4,6,8-9H2. The number of alkyl halides is 3. The number of pyridine rings is 1. The highest BCUT2D eigenvalue weighted by atomic mass is 19.4. The first-order valence-corrected chi connectivity index (χ1v) is 5.73. The Balaban J connectivity index is 1.94. The van der Waals surface area contributed by atoms with Crippen molar-refractivity contribution in [1.82, 2.24) is 9.88 Å². The molecular weight excluding hydrogens is 229 g/mol. The van der Waals surface area contributed by atoms with Crippen LogP contribution < -0.4 is 0 Å². The van der Waals surface area contributed by atoms with Crippen molar-refractivity contribution in [1.29, 1.82) is 0 Å². The quantitative estimate of drug-likeness (QED) is 0.795. The molecule has 0 radical (unpaired) electrons. The minimum atomic E-state index is -4.06. The van der Waals surface area contributed by atoms with E-state index in [9.17, 15) is 13.2 Å². The molecule has 1 aromatic heterocycles. The van der Waals surface area contributed by atoms with Crippen LogP contribution in [0.2, 0.25) is 0 Å². The molecule has 1 fully saturated rings. The molecule has 0 saturated carbocycles. The molecular formula is C12H15F3N2. The van der Waals surface area contributed by atoms with Crippen molar-refractivity contribution >= 4 is 0 Å². The Morgan fingerprint density at radius 1 is 1.41 bits per heavy atom. The number of likely N-dealkylation sites (tertiary alicyclic amines) is 1. The van der Waals surface area contributed by atoms with Crippen LogP contribution in [0.25, 0.3) is 0 Å². The zero-order chi connectivity index (χ0) is 12.3. The first kappa shape index (κ1) is 12.4. The Morgan fingerprint density at radius 3 is 2.88 bits per heavy atom. The fourth-order valence-electron chi connectivity index (χ4n) is 2.22. The number of nitrogens with zero attached hydrogens (tertiary/aromatic N) is 2. The molecule has 0 aliphatic carbocycles. The maximum Gasteiger partial charge on any atom is 0.393 e. The normalized spacial score (nSPS) is 22.6. The van der Waals surface area contributed by atoms with Gasteiger partial charge in [-0.25, -0.2) is 0 Å². The van der Waals surface area contributed by atoms with Crippen LogP contribution in [0.5, 0.6) is 0 Å². The van der Waals surface area contributed by atoms with Gasteiger partial charge in [-0.1, -0.05) is 6.07 Å². The monoisotopic (exact) mass is 244 g/mol. The van der Waals surface area contributed by atoms with E-state index in [1.54, 1.807) is 18.5 Å². The summed E-state index contributed by atoms with van der Waals surface area (Å²) in [6.07, 6.45) is 0.181. The van der Waals surface area contributed by atoms with Gasteiger partial charge in [0.2, 0.25) is 0 Å². The fraction of sp³-hybridized carbons (Fsp3) is 0.583. The molecule has 1 aliphatic rings. The van der Waals surface area contributed by atoms with Gasteiger partial charge in [0.1, 0.15) is 0 Å². The largest absolute Gasteiger partial charge is 0.393 e. The summed E-state index contributed by atoms with van der Waals surface area (Å²) < 4.78 is 37.8. The predicted octanol–water partition coefficient (Wildman–Crippen LogP) is 2.86. The molecule has 1 atom stereocenters. The summed E-state index contributed by atoms with van der Waals surface area (Å²) in [7, 11) is 0. The highest BCUT2D eigenvalue weighted by molar-refractivity contribution is 5.08. The van der Waals surface area contributed by atoms with Gasteiger partial charge < -0.3 is 0 Å². The van der Waals surface area contributed by atoms with Crippen LogP contribution >= 0.6 is 0 Å². The zero-order valence-corrected chi connectivity index (χ0v) is 9.45. The molecule has 0 amide bonds. The topological polar surface area (TPSA) is 16.1 Å². The summed E-state index contributed by atoms with van der Waals surface area (Å²) in [5.74, 6) is -1.17. The molecule has 17 heavy (non-hydrogen) atoms. The average molecular weight is 244 g/mol. The van der Waals surface area contributed by atoms with Crippen LogP contribution in [0.15, 0.2) is 24.5 Å². The Kier molecular flexibility index (Phi) is 3.66. The highest BCUT2D eigenvalue weighted by Gasteiger charge is 2.41. The van der Waals surface area contributed by atoms with Crippen LogP contribution in [0, 0.1) is 5.92 Å². The van der Waals surface area contributed by atoms with Crippen LogP contribution in [-0.2, 0) is 6.54 Å². The van der Waals surface area contributed by atoms with Gasteiger partial charge in [-0.15, -0.1) is 0 Å². The number of hydrogen-bond donors (Lipinski definition) is 0. The summed E-state index contributed by atoms with van der Waals surface area (Å²) in [6, 6.07) is 3.70. The van der Waals surface area contributed by atoms with Crippen molar-refractivity contribution in [3.8, 4) is 0 Å². The summed E-state index contributed by atoms with van der Waals surface area (Å²) in [6.45, 7) is 1.40. The van der Waals surface area contributed by atoms with E-state index in [4.69, 9.17) is 0 Å². The Labute approximate surface area is 98.5 Å². The van der Waals surface area contributed by atoms with Crippen LogP contribution in [-0.4, -0.2) is 29.1 Å². The average Bonchev–Trinajstić information content (AvgIpc) is 2.29. The lowest BCUT2D eigenvalue weighted by Crippen LogP contribution is -2.41. The van der Waals surface area contributed by atoms with E-state index >= 15 is 0 Å². The third-order valence-electron chi connectivity index (χ3n) is 3.10. The molecule has 2 heterocycles. The molecule has 0 bridgehead atoms. The number of rotatable bonds is 2. The Bertz CT molecular complexity index is 351. The van der Waals surface area contributed by atoms with Crippen LogP contribution in [0.1, 0.15) is 18.4 Å². The van der Waals surface area contributed by atoms with Crippen molar-refractivity contribution in [2.45, 2.75) is 25.6 Å². The molecule has 0 N–H and O–H groups in total. The second-order valence-electron chi connectivity index (χ2n) is 4.48. The third kappa shape index (κ3) is 3.43. The minimum Gasteiger partial charge on any atom is -0.298 e.